The second-order valence-electron chi connectivity index (χ2n) is 9.59. The lowest BCUT2D eigenvalue weighted by Crippen LogP contribution is -2.39. The summed E-state index contributed by atoms with van der Waals surface area (Å²) in [5.74, 6) is 0. The zero-order valence-electron chi connectivity index (χ0n) is 19.7. The van der Waals surface area contributed by atoms with Crippen LogP contribution in [0.2, 0.25) is 0 Å². The molecule has 7 heteroatoms. The third-order valence-electron chi connectivity index (χ3n) is 7.55. The number of nitrogens with one attached hydrogen (secondary N) is 1. The molecule has 1 fully saturated rings. The van der Waals surface area contributed by atoms with Gasteiger partial charge in [0.15, 0.2) is 0 Å². The number of rotatable bonds is 6. The minimum Gasteiger partial charge on any atom is -0.361 e. The number of pyridine rings is 1. The number of fused-ring (bicyclic) bond motifs is 2. The average molecular weight is 487 g/mol. The lowest BCUT2D eigenvalue weighted by molar-refractivity contribution is 0.262. The van der Waals surface area contributed by atoms with Crippen LogP contribution in [-0.2, 0) is 10.0 Å². The Morgan fingerprint density at radius 1 is 1.00 bits per heavy atom. The first kappa shape index (κ1) is 22.5. The fourth-order valence-corrected chi connectivity index (χ4v) is 7.55. The molecule has 1 atom stereocenters. The van der Waals surface area contributed by atoms with E-state index in [-0.39, 0.29) is 6.04 Å². The van der Waals surface area contributed by atoms with Gasteiger partial charge < -0.3 is 4.98 Å². The van der Waals surface area contributed by atoms with E-state index in [4.69, 9.17) is 0 Å². The molecule has 1 N–H and O–H groups in total. The molecule has 0 spiro atoms. The molecule has 0 saturated carbocycles. The molecule has 6 rings (SSSR count). The van der Waals surface area contributed by atoms with Gasteiger partial charge in [-0.3, -0.25) is 9.88 Å². The maximum Gasteiger partial charge on any atom is 0.245 e. The van der Waals surface area contributed by atoms with Crippen molar-refractivity contribution in [2.75, 3.05) is 26.2 Å². The third kappa shape index (κ3) is 4.18. The van der Waals surface area contributed by atoms with E-state index in [0.717, 1.165) is 56.1 Å². The molecule has 35 heavy (non-hydrogen) atoms. The molecule has 0 aliphatic carbocycles. The molecule has 4 heterocycles. The van der Waals surface area contributed by atoms with Gasteiger partial charge in [-0.25, -0.2) is 8.42 Å². The summed E-state index contributed by atoms with van der Waals surface area (Å²) in [6.07, 6.45) is 11.4. The van der Waals surface area contributed by atoms with E-state index in [1.807, 2.05) is 24.3 Å². The molecular formula is C28H30N4O2S. The van der Waals surface area contributed by atoms with Crippen molar-refractivity contribution in [2.45, 2.75) is 36.6 Å². The highest BCUT2D eigenvalue weighted by molar-refractivity contribution is 7.89. The third-order valence-corrected chi connectivity index (χ3v) is 9.53. The Kier molecular flexibility index (Phi) is 5.92. The molecule has 2 aliphatic rings. The maximum atomic E-state index is 13.7. The van der Waals surface area contributed by atoms with Gasteiger partial charge in [-0.2, -0.15) is 4.31 Å². The summed E-state index contributed by atoms with van der Waals surface area (Å²) >= 11 is 0. The molecule has 2 aromatic heterocycles. The van der Waals surface area contributed by atoms with Crippen LogP contribution in [0.5, 0.6) is 0 Å². The lowest BCUT2D eigenvalue weighted by atomic mass is 9.98. The van der Waals surface area contributed by atoms with E-state index in [1.54, 1.807) is 10.5 Å². The van der Waals surface area contributed by atoms with Crippen LogP contribution in [0.25, 0.3) is 27.2 Å². The average Bonchev–Trinajstić information content (AvgIpc) is 3.55. The monoisotopic (exact) mass is 486 g/mol. The van der Waals surface area contributed by atoms with Crippen molar-refractivity contribution in [1.82, 2.24) is 19.2 Å². The lowest BCUT2D eigenvalue weighted by Gasteiger charge is -2.30. The number of hydrogen-bond acceptors (Lipinski definition) is 4. The van der Waals surface area contributed by atoms with Crippen LogP contribution in [-0.4, -0.2) is 59.8 Å². The van der Waals surface area contributed by atoms with Crippen LogP contribution in [0.1, 0.15) is 31.2 Å². The Balaban J connectivity index is 1.14. The van der Waals surface area contributed by atoms with Crippen LogP contribution < -0.4 is 0 Å². The quantitative estimate of drug-likeness (QED) is 0.414. The summed E-state index contributed by atoms with van der Waals surface area (Å²) in [5.41, 5.74) is 3.87. The minimum absolute atomic E-state index is 0.0398. The summed E-state index contributed by atoms with van der Waals surface area (Å²) in [4.78, 5) is 10.4. The smallest absolute Gasteiger partial charge is 0.245 e. The van der Waals surface area contributed by atoms with E-state index < -0.39 is 10.0 Å². The Hall–Kier alpha value is -3.00. The molecule has 6 nitrogen and oxygen atoms in total. The number of nitrogens with zero attached hydrogens (tertiary/aromatic N) is 3. The molecule has 0 unspecified atom stereocenters. The number of H-pyrrole nitrogens is 1. The zero-order valence-corrected chi connectivity index (χ0v) is 20.5. The first-order valence-corrected chi connectivity index (χ1v) is 13.9. The maximum absolute atomic E-state index is 13.7. The number of aromatic amines is 1. The van der Waals surface area contributed by atoms with E-state index in [0.29, 0.717) is 11.4 Å². The molecule has 0 amide bonds. The van der Waals surface area contributed by atoms with Gasteiger partial charge in [0.2, 0.25) is 10.0 Å². The molecule has 0 bridgehead atoms. The first-order valence-electron chi connectivity index (χ1n) is 12.4. The second-order valence-corrected chi connectivity index (χ2v) is 11.4. The van der Waals surface area contributed by atoms with Crippen molar-refractivity contribution in [3.8, 4) is 0 Å². The zero-order chi connectivity index (χ0) is 23.8. The van der Waals surface area contributed by atoms with Crippen molar-refractivity contribution in [3.63, 3.8) is 0 Å². The van der Waals surface area contributed by atoms with E-state index in [2.05, 4.69) is 51.4 Å². The molecule has 2 aromatic carbocycles. The predicted molar refractivity (Wildman–Crippen MR) is 141 cm³/mol. The highest BCUT2D eigenvalue weighted by atomic mass is 32.2. The molecule has 4 aromatic rings. The standard InChI is InChI=1S/C28H30N4O2S/c33-35(34,28-20-29-18-22-6-1-2-8-24(22)28)32-14-5-7-23(32)13-17-31-15-11-21(12-16-31)26-19-30-27-10-4-3-9-25(26)27/h1-4,6,8-11,18-20,23,30H,5,7,12-17H2/t23-/m0/s1. The van der Waals surface area contributed by atoms with Gasteiger partial charge in [0.25, 0.3) is 0 Å². The number of aromatic nitrogens is 2. The Labute approximate surface area is 206 Å². The van der Waals surface area contributed by atoms with E-state index >= 15 is 0 Å². The van der Waals surface area contributed by atoms with E-state index in [9.17, 15) is 8.42 Å². The molecular weight excluding hydrogens is 456 g/mol. The first-order chi connectivity index (χ1) is 17.1. The Bertz CT molecular complexity index is 1500. The van der Waals surface area contributed by atoms with Gasteiger partial charge >= 0.3 is 0 Å². The van der Waals surface area contributed by atoms with Crippen LogP contribution >= 0.6 is 0 Å². The predicted octanol–water partition coefficient (Wildman–Crippen LogP) is 5.05. The van der Waals surface area contributed by atoms with Gasteiger partial charge in [-0.15, -0.1) is 0 Å². The highest BCUT2D eigenvalue weighted by Crippen LogP contribution is 2.32. The minimum atomic E-state index is -3.59. The van der Waals surface area contributed by atoms with Gasteiger partial charge in [0.05, 0.1) is 0 Å². The largest absolute Gasteiger partial charge is 0.361 e. The number of benzene rings is 2. The topological polar surface area (TPSA) is 69.3 Å². The summed E-state index contributed by atoms with van der Waals surface area (Å²) in [5, 5.41) is 2.89. The summed E-state index contributed by atoms with van der Waals surface area (Å²) in [6.45, 7) is 3.39. The van der Waals surface area contributed by atoms with E-state index in [1.165, 1.54) is 28.2 Å². The fraction of sp³-hybridized carbons (Fsp3) is 0.321. The van der Waals surface area contributed by atoms with Gasteiger partial charge in [-0.05, 0) is 43.9 Å². The Morgan fingerprint density at radius 3 is 2.69 bits per heavy atom. The molecule has 180 valence electrons. The molecule has 2 aliphatic heterocycles. The second kappa shape index (κ2) is 9.22. The van der Waals surface area contributed by atoms with Crippen LogP contribution in [0, 0.1) is 0 Å². The SMILES string of the molecule is O=S(=O)(c1cncc2ccccc12)N1CCC[C@H]1CCN1CC=C(c2c[nH]c3ccccc23)CC1. The highest BCUT2D eigenvalue weighted by Gasteiger charge is 2.36. The van der Waals surface area contributed by atoms with Crippen LogP contribution in [0.3, 0.4) is 0 Å². The molecule has 1 saturated heterocycles. The van der Waals surface area contributed by atoms with Crippen molar-refractivity contribution in [1.29, 1.82) is 0 Å². The summed E-state index contributed by atoms with van der Waals surface area (Å²) < 4.78 is 29.0. The number of para-hydroxylation sites is 1. The van der Waals surface area contributed by atoms with Crippen LogP contribution in [0.15, 0.2) is 78.1 Å². The summed E-state index contributed by atoms with van der Waals surface area (Å²) in [6, 6.07) is 16.1. The van der Waals surface area contributed by atoms with Crippen LogP contribution in [0.4, 0.5) is 0 Å². The van der Waals surface area contributed by atoms with Crippen molar-refractivity contribution >= 4 is 37.3 Å². The Morgan fingerprint density at radius 2 is 1.83 bits per heavy atom. The number of hydrogen-bond donors (Lipinski definition) is 1. The summed E-state index contributed by atoms with van der Waals surface area (Å²) in [7, 11) is -3.59. The van der Waals surface area contributed by atoms with Crippen molar-refractivity contribution in [2.24, 2.45) is 0 Å². The normalized spacial score (nSPS) is 20.0. The van der Waals surface area contributed by atoms with Gasteiger partial charge in [0.1, 0.15) is 4.90 Å². The van der Waals surface area contributed by atoms with Gasteiger partial charge in [0, 0.05) is 71.5 Å². The fourth-order valence-electron chi connectivity index (χ4n) is 5.66. The van der Waals surface area contributed by atoms with Crippen molar-refractivity contribution in [3.05, 3.63) is 78.8 Å². The number of sulfonamides is 1. The van der Waals surface area contributed by atoms with Crippen molar-refractivity contribution < 1.29 is 8.42 Å². The van der Waals surface area contributed by atoms with Gasteiger partial charge in [-0.1, -0.05) is 48.5 Å². The molecule has 0 radical (unpaired) electrons.